The molecule has 0 radical (unpaired) electrons. The van der Waals surface area contributed by atoms with E-state index in [-0.39, 0.29) is 11.9 Å². The van der Waals surface area contributed by atoms with Crippen LogP contribution in [0.4, 0.5) is 16.2 Å². The van der Waals surface area contributed by atoms with Crippen LogP contribution in [0.3, 0.4) is 0 Å². The minimum Gasteiger partial charge on any atom is -0.479 e. The Bertz CT molecular complexity index is 1320. The SMILES string of the molecule is C=C(C)c1cccc(C(C)(C)NC(=O)Nc2ccc3c(c2)N(Cc2c(C)noc2C)C(=O)C(C)O3)c1. The number of nitrogens with zero attached hydrogens (tertiary/aromatic N) is 2. The number of carbonyl (C=O) groups excluding carboxylic acids is 2. The van der Waals surface area contributed by atoms with E-state index in [0.717, 1.165) is 28.0 Å². The second-order valence-corrected chi connectivity index (χ2v) is 9.73. The van der Waals surface area contributed by atoms with Crippen molar-refractivity contribution in [1.29, 1.82) is 0 Å². The Morgan fingerprint density at radius 1 is 1.19 bits per heavy atom. The molecule has 1 aromatic heterocycles. The molecule has 3 amide bonds. The highest BCUT2D eigenvalue weighted by molar-refractivity contribution is 6.01. The van der Waals surface area contributed by atoms with Gasteiger partial charge < -0.3 is 24.8 Å². The molecule has 0 spiro atoms. The average molecular weight is 489 g/mol. The summed E-state index contributed by atoms with van der Waals surface area (Å²) in [5.41, 5.74) is 4.99. The number of nitrogens with one attached hydrogen (secondary N) is 2. The molecule has 8 heteroatoms. The van der Waals surface area contributed by atoms with E-state index < -0.39 is 11.6 Å². The minimum absolute atomic E-state index is 0.178. The second kappa shape index (κ2) is 9.53. The maximum Gasteiger partial charge on any atom is 0.319 e. The number of carbonyl (C=O) groups is 2. The summed E-state index contributed by atoms with van der Waals surface area (Å²) in [4.78, 5) is 27.6. The number of benzene rings is 2. The van der Waals surface area contributed by atoms with Crippen molar-refractivity contribution >= 4 is 28.9 Å². The molecule has 0 aliphatic carbocycles. The van der Waals surface area contributed by atoms with Crippen LogP contribution >= 0.6 is 0 Å². The number of fused-ring (bicyclic) bond motifs is 1. The molecule has 36 heavy (non-hydrogen) atoms. The molecule has 188 valence electrons. The van der Waals surface area contributed by atoms with Crippen LogP contribution < -0.4 is 20.3 Å². The molecule has 0 saturated heterocycles. The molecular formula is C28H32N4O4. The quantitative estimate of drug-likeness (QED) is 0.464. The second-order valence-electron chi connectivity index (χ2n) is 9.73. The van der Waals surface area contributed by atoms with E-state index >= 15 is 0 Å². The van der Waals surface area contributed by atoms with Crippen LogP contribution in [0, 0.1) is 13.8 Å². The lowest BCUT2D eigenvalue weighted by molar-refractivity contribution is -0.125. The summed E-state index contributed by atoms with van der Waals surface area (Å²) in [5.74, 6) is 1.05. The molecule has 0 bridgehead atoms. The van der Waals surface area contributed by atoms with E-state index in [9.17, 15) is 9.59 Å². The number of hydrogen-bond acceptors (Lipinski definition) is 5. The number of aryl methyl sites for hydroxylation is 2. The summed E-state index contributed by atoms with van der Waals surface area (Å²) in [5, 5.41) is 9.92. The summed E-state index contributed by atoms with van der Waals surface area (Å²) in [6.07, 6.45) is -0.629. The van der Waals surface area contributed by atoms with Crippen molar-refractivity contribution in [1.82, 2.24) is 10.5 Å². The monoisotopic (exact) mass is 488 g/mol. The van der Waals surface area contributed by atoms with Gasteiger partial charge in [0.1, 0.15) is 11.5 Å². The molecule has 2 N–H and O–H groups in total. The van der Waals surface area contributed by atoms with Crippen LogP contribution in [0.25, 0.3) is 5.57 Å². The van der Waals surface area contributed by atoms with Gasteiger partial charge in [-0.3, -0.25) is 4.79 Å². The van der Waals surface area contributed by atoms with E-state index in [4.69, 9.17) is 9.26 Å². The van der Waals surface area contributed by atoms with Gasteiger partial charge in [0.15, 0.2) is 6.10 Å². The number of urea groups is 1. The molecule has 2 aromatic carbocycles. The van der Waals surface area contributed by atoms with Gasteiger partial charge in [0.2, 0.25) is 0 Å². The standard InChI is InChI=1S/C28H32N4O4/c1-16(2)20-9-8-10-21(13-20)28(6,7)30-27(34)29-22-11-12-25-24(14-22)32(26(33)19(5)35-25)15-23-17(3)31-36-18(23)4/h8-14,19H,1,15H2,2-7H3,(H2,29,30,34). The van der Waals surface area contributed by atoms with Crippen molar-refractivity contribution in [3.05, 3.63) is 77.2 Å². The largest absolute Gasteiger partial charge is 0.479 e. The first-order chi connectivity index (χ1) is 17.0. The lowest BCUT2D eigenvalue weighted by Crippen LogP contribution is -2.44. The number of rotatable bonds is 6. The van der Waals surface area contributed by atoms with E-state index in [2.05, 4.69) is 22.4 Å². The molecule has 1 unspecified atom stereocenters. The van der Waals surface area contributed by atoms with Gasteiger partial charge in [-0.2, -0.15) is 0 Å². The number of aromatic nitrogens is 1. The smallest absolute Gasteiger partial charge is 0.319 e. The zero-order valence-corrected chi connectivity index (χ0v) is 21.6. The molecule has 2 heterocycles. The van der Waals surface area contributed by atoms with Crippen molar-refractivity contribution in [2.75, 3.05) is 10.2 Å². The topological polar surface area (TPSA) is 96.7 Å². The van der Waals surface area contributed by atoms with Crippen molar-refractivity contribution in [2.24, 2.45) is 0 Å². The summed E-state index contributed by atoms with van der Waals surface area (Å²) >= 11 is 0. The van der Waals surface area contributed by atoms with Crippen LogP contribution in [0.15, 0.2) is 53.6 Å². The van der Waals surface area contributed by atoms with E-state index in [1.807, 2.05) is 58.9 Å². The summed E-state index contributed by atoms with van der Waals surface area (Å²) in [6.45, 7) is 15.5. The van der Waals surface area contributed by atoms with Gasteiger partial charge in [-0.1, -0.05) is 35.5 Å². The Balaban J connectivity index is 1.56. The normalized spacial score (nSPS) is 15.2. The van der Waals surface area contributed by atoms with Crippen LogP contribution in [0.5, 0.6) is 5.75 Å². The number of amides is 3. The third-order valence-electron chi connectivity index (χ3n) is 6.43. The first-order valence-electron chi connectivity index (χ1n) is 11.9. The summed E-state index contributed by atoms with van der Waals surface area (Å²) < 4.78 is 11.1. The third-order valence-corrected chi connectivity index (χ3v) is 6.43. The summed E-state index contributed by atoms with van der Waals surface area (Å²) in [7, 11) is 0. The zero-order chi connectivity index (χ0) is 26.2. The van der Waals surface area contributed by atoms with Crippen molar-refractivity contribution in [3.8, 4) is 5.75 Å². The van der Waals surface area contributed by atoms with Crippen LogP contribution in [0.1, 0.15) is 55.8 Å². The van der Waals surface area contributed by atoms with Crippen LogP contribution in [-0.4, -0.2) is 23.2 Å². The van der Waals surface area contributed by atoms with Gasteiger partial charge >= 0.3 is 6.03 Å². The predicted octanol–water partition coefficient (Wildman–Crippen LogP) is 5.70. The maximum atomic E-state index is 13.0. The first-order valence-corrected chi connectivity index (χ1v) is 11.9. The average Bonchev–Trinajstić information content (AvgIpc) is 3.14. The number of hydrogen-bond donors (Lipinski definition) is 2. The zero-order valence-electron chi connectivity index (χ0n) is 21.6. The molecule has 1 atom stereocenters. The molecule has 4 rings (SSSR count). The fourth-order valence-corrected chi connectivity index (χ4v) is 4.23. The molecular weight excluding hydrogens is 456 g/mol. The molecule has 1 aliphatic heterocycles. The molecule has 0 saturated carbocycles. The minimum atomic E-state index is -0.631. The molecule has 8 nitrogen and oxygen atoms in total. The van der Waals surface area contributed by atoms with Crippen molar-refractivity contribution < 1.29 is 18.8 Å². The highest BCUT2D eigenvalue weighted by Crippen LogP contribution is 2.38. The lowest BCUT2D eigenvalue weighted by Gasteiger charge is -2.33. The van der Waals surface area contributed by atoms with Gasteiger partial charge in [0.05, 0.1) is 23.5 Å². The van der Waals surface area contributed by atoms with Gasteiger partial charge in [-0.15, -0.1) is 0 Å². The Hall–Kier alpha value is -4.07. The van der Waals surface area contributed by atoms with Gasteiger partial charge in [-0.25, -0.2) is 4.79 Å². The fraction of sp³-hybridized carbons (Fsp3) is 0.321. The van der Waals surface area contributed by atoms with Crippen LogP contribution in [0.2, 0.25) is 0 Å². The maximum absolute atomic E-state index is 13.0. The Labute approximate surface area is 211 Å². The van der Waals surface area contributed by atoms with E-state index in [1.165, 1.54) is 0 Å². The van der Waals surface area contributed by atoms with E-state index in [0.29, 0.717) is 29.4 Å². The molecule has 3 aromatic rings. The third kappa shape index (κ3) is 4.98. The number of ether oxygens (including phenoxy) is 1. The Morgan fingerprint density at radius 2 is 1.94 bits per heavy atom. The summed E-state index contributed by atoms with van der Waals surface area (Å²) in [6, 6.07) is 12.8. The Kier molecular flexibility index (Phi) is 6.63. The highest BCUT2D eigenvalue weighted by atomic mass is 16.5. The number of anilines is 2. The Morgan fingerprint density at radius 3 is 2.61 bits per heavy atom. The molecule has 1 aliphatic rings. The first kappa shape index (κ1) is 25.0. The van der Waals surface area contributed by atoms with Gasteiger partial charge in [0, 0.05) is 11.3 Å². The van der Waals surface area contributed by atoms with Gasteiger partial charge in [0.25, 0.3) is 5.91 Å². The van der Waals surface area contributed by atoms with E-state index in [1.54, 1.807) is 30.0 Å². The fourth-order valence-electron chi connectivity index (χ4n) is 4.23. The van der Waals surface area contributed by atoms with Crippen molar-refractivity contribution in [3.63, 3.8) is 0 Å². The van der Waals surface area contributed by atoms with Gasteiger partial charge in [-0.05, 0) is 76.9 Å². The van der Waals surface area contributed by atoms with Crippen molar-refractivity contribution in [2.45, 2.75) is 59.7 Å². The predicted molar refractivity (Wildman–Crippen MR) is 140 cm³/mol. The number of allylic oxidation sites excluding steroid dienone is 1. The highest BCUT2D eigenvalue weighted by Gasteiger charge is 2.33. The lowest BCUT2D eigenvalue weighted by atomic mass is 9.92. The van der Waals surface area contributed by atoms with Crippen LogP contribution in [-0.2, 0) is 16.9 Å². The molecule has 0 fully saturated rings.